The number of hydrogen-bond donors (Lipinski definition) is 1. The van der Waals surface area contributed by atoms with E-state index in [0.717, 1.165) is 18.4 Å². The fourth-order valence-corrected chi connectivity index (χ4v) is 3.28. The Morgan fingerprint density at radius 3 is 2.26 bits per heavy atom. The summed E-state index contributed by atoms with van der Waals surface area (Å²) in [6.07, 6.45) is -4.41. The fourth-order valence-electron chi connectivity index (χ4n) is 2.40. The predicted octanol–water partition coefficient (Wildman–Crippen LogP) is 1.87. The standard InChI is InChI=1S/C14H18F3NO4S/c1-23(20,21)18-8-6-12(19)13(7-9-18)22-11-4-2-10(3-5-11)14(15,16)17/h2-5,12-13,19H,6-9H2,1H3/t12-,13-/m1/s1. The van der Waals surface area contributed by atoms with Gasteiger partial charge in [0.1, 0.15) is 11.9 Å². The number of aliphatic hydroxyl groups is 1. The number of halogens is 3. The lowest BCUT2D eigenvalue weighted by molar-refractivity contribution is -0.137. The molecular weight excluding hydrogens is 335 g/mol. The molecule has 1 heterocycles. The van der Waals surface area contributed by atoms with Crippen LogP contribution < -0.4 is 4.74 Å². The van der Waals surface area contributed by atoms with Gasteiger partial charge in [-0.25, -0.2) is 12.7 Å². The Morgan fingerprint density at radius 1 is 1.17 bits per heavy atom. The van der Waals surface area contributed by atoms with Gasteiger partial charge >= 0.3 is 6.18 Å². The van der Waals surface area contributed by atoms with E-state index in [-0.39, 0.29) is 31.7 Å². The molecule has 1 aliphatic heterocycles. The van der Waals surface area contributed by atoms with Gasteiger partial charge in [-0.3, -0.25) is 0 Å². The van der Waals surface area contributed by atoms with Crippen LogP contribution in [0.5, 0.6) is 5.75 Å². The Bertz CT molecular complexity index is 630. The average molecular weight is 353 g/mol. The van der Waals surface area contributed by atoms with E-state index in [0.29, 0.717) is 0 Å². The van der Waals surface area contributed by atoms with Crippen LogP contribution in [0.1, 0.15) is 18.4 Å². The zero-order valence-corrected chi connectivity index (χ0v) is 13.3. The lowest BCUT2D eigenvalue weighted by atomic mass is 10.1. The third-order valence-corrected chi connectivity index (χ3v) is 5.01. The maximum atomic E-state index is 12.5. The molecule has 9 heteroatoms. The molecule has 0 aliphatic carbocycles. The van der Waals surface area contributed by atoms with Gasteiger partial charge in [-0.1, -0.05) is 0 Å². The summed E-state index contributed by atoms with van der Waals surface area (Å²) in [5, 5.41) is 10.1. The number of aliphatic hydroxyl groups excluding tert-OH is 1. The van der Waals surface area contributed by atoms with E-state index < -0.39 is 34.0 Å². The number of alkyl halides is 3. The normalized spacial score (nSPS) is 24.2. The van der Waals surface area contributed by atoms with Gasteiger partial charge in [-0.05, 0) is 30.7 Å². The summed E-state index contributed by atoms with van der Waals surface area (Å²) in [5.74, 6) is 0.204. The molecule has 0 bridgehead atoms. The molecule has 1 saturated heterocycles. The van der Waals surface area contributed by atoms with E-state index in [4.69, 9.17) is 4.74 Å². The van der Waals surface area contributed by atoms with Crippen molar-refractivity contribution in [1.82, 2.24) is 4.31 Å². The van der Waals surface area contributed by atoms with Crippen LogP contribution in [0.2, 0.25) is 0 Å². The maximum Gasteiger partial charge on any atom is 0.416 e. The predicted molar refractivity (Wildman–Crippen MR) is 77.5 cm³/mol. The highest BCUT2D eigenvalue weighted by molar-refractivity contribution is 7.88. The summed E-state index contributed by atoms with van der Waals surface area (Å²) in [6.45, 7) is 0.383. The van der Waals surface area contributed by atoms with Gasteiger partial charge in [0.15, 0.2) is 0 Å². The topological polar surface area (TPSA) is 66.8 Å². The molecule has 1 N–H and O–H groups in total. The summed E-state index contributed by atoms with van der Waals surface area (Å²) in [7, 11) is -3.35. The number of hydrogen-bond acceptors (Lipinski definition) is 4. The first-order chi connectivity index (χ1) is 10.6. The second kappa shape index (κ2) is 6.66. The summed E-state index contributed by atoms with van der Waals surface area (Å²) >= 11 is 0. The van der Waals surface area contributed by atoms with Crippen LogP contribution in [0.25, 0.3) is 0 Å². The number of benzene rings is 1. The van der Waals surface area contributed by atoms with Crippen molar-refractivity contribution in [2.24, 2.45) is 0 Å². The van der Waals surface area contributed by atoms with Crippen molar-refractivity contribution in [3.8, 4) is 5.75 Å². The molecule has 2 rings (SSSR count). The van der Waals surface area contributed by atoms with E-state index in [2.05, 4.69) is 0 Å². The lowest BCUT2D eigenvalue weighted by Crippen LogP contribution is -2.32. The summed E-state index contributed by atoms with van der Waals surface area (Å²) in [6, 6.07) is 4.19. The molecule has 23 heavy (non-hydrogen) atoms. The van der Waals surface area contributed by atoms with Gasteiger partial charge in [0.05, 0.1) is 17.9 Å². The van der Waals surface area contributed by atoms with Gasteiger partial charge in [0.2, 0.25) is 10.0 Å². The highest BCUT2D eigenvalue weighted by Crippen LogP contribution is 2.31. The molecule has 2 atom stereocenters. The number of ether oxygens (including phenoxy) is 1. The first kappa shape index (κ1) is 18.0. The summed E-state index contributed by atoms with van der Waals surface area (Å²) < 4.78 is 67.4. The molecular formula is C14H18F3NO4S. The van der Waals surface area contributed by atoms with Gasteiger partial charge in [-0.15, -0.1) is 0 Å². The minimum Gasteiger partial charge on any atom is -0.488 e. The Labute approximate surface area is 132 Å². The van der Waals surface area contributed by atoms with Gasteiger partial charge < -0.3 is 9.84 Å². The quantitative estimate of drug-likeness (QED) is 0.901. The van der Waals surface area contributed by atoms with Crippen molar-refractivity contribution in [1.29, 1.82) is 0 Å². The van der Waals surface area contributed by atoms with Crippen LogP contribution in [-0.2, 0) is 16.2 Å². The van der Waals surface area contributed by atoms with Crippen molar-refractivity contribution in [3.63, 3.8) is 0 Å². The molecule has 0 saturated carbocycles. The van der Waals surface area contributed by atoms with Crippen LogP contribution in [0, 0.1) is 0 Å². The molecule has 1 fully saturated rings. The molecule has 0 aromatic heterocycles. The molecule has 1 aliphatic rings. The molecule has 130 valence electrons. The molecule has 1 aromatic carbocycles. The number of sulfonamides is 1. The average Bonchev–Trinajstić information content (AvgIpc) is 2.61. The van der Waals surface area contributed by atoms with Crippen molar-refractivity contribution >= 4 is 10.0 Å². The van der Waals surface area contributed by atoms with Crippen LogP contribution >= 0.6 is 0 Å². The van der Waals surface area contributed by atoms with E-state index >= 15 is 0 Å². The van der Waals surface area contributed by atoms with Gasteiger partial charge in [0.25, 0.3) is 0 Å². The summed E-state index contributed by atoms with van der Waals surface area (Å²) in [5.41, 5.74) is -0.783. The molecule has 0 unspecified atom stereocenters. The molecule has 0 amide bonds. The monoisotopic (exact) mass is 353 g/mol. The highest BCUT2D eigenvalue weighted by atomic mass is 32.2. The fraction of sp³-hybridized carbons (Fsp3) is 0.571. The van der Waals surface area contributed by atoms with E-state index in [1.54, 1.807) is 0 Å². The van der Waals surface area contributed by atoms with Crippen molar-refractivity contribution in [3.05, 3.63) is 29.8 Å². The minimum absolute atomic E-state index is 0.187. The second-order valence-corrected chi connectivity index (χ2v) is 7.47. The van der Waals surface area contributed by atoms with Crippen molar-refractivity contribution in [2.45, 2.75) is 31.2 Å². The molecule has 5 nitrogen and oxygen atoms in total. The lowest BCUT2D eigenvalue weighted by Gasteiger charge is -2.22. The number of rotatable bonds is 3. The maximum absolute atomic E-state index is 12.5. The van der Waals surface area contributed by atoms with E-state index in [1.807, 2.05) is 0 Å². The van der Waals surface area contributed by atoms with Crippen LogP contribution in [0.3, 0.4) is 0 Å². The van der Waals surface area contributed by atoms with Crippen molar-refractivity contribution in [2.75, 3.05) is 19.3 Å². The zero-order chi connectivity index (χ0) is 17.3. The smallest absolute Gasteiger partial charge is 0.416 e. The molecule has 1 aromatic rings. The van der Waals surface area contributed by atoms with Crippen LogP contribution in [-0.4, -0.2) is 49.4 Å². The zero-order valence-electron chi connectivity index (χ0n) is 12.5. The SMILES string of the molecule is CS(=O)(=O)N1CC[C@@H](O)[C@H](Oc2ccc(C(F)(F)F)cc2)CC1. The van der Waals surface area contributed by atoms with Crippen LogP contribution in [0.15, 0.2) is 24.3 Å². The minimum atomic E-state index is -4.42. The molecule has 0 radical (unpaired) electrons. The third-order valence-electron chi connectivity index (χ3n) is 3.70. The Kier molecular flexibility index (Phi) is 5.22. The van der Waals surface area contributed by atoms with Crippen LogP contribution in [0.4, 0.5) is 13.2 Å². The first-order valence-electron chi connectivity index (χ1n) is 7.04. The van der Waals surface area contributed by atoms with E-state index in [1.165, 1.54) is 16.4 Å². The Hall–Kier alpha value is -1.32. The van der Waals surface area contributed by atoms with E-state index in [9.17, 15) is 26.7 Å². The highest BCUT2D eigenvalue weighted by Gasteiger charge is 2.31. The van der Waals surface area contributed by atoms with Gasteiger partial charge in [-0.2, -0.15) is 13.2 Å². The summed E-state index contributed by atoms with van der Waals surface area (Å²) in [4.78, 5) is 0. The van der Waals surface area contributed by atoms with Crippen molar-refractivity contribution < 1.29 is 31.4 Å². The largest absolute Gasteiger partial charge is 0.488 e. The number of nitrogens with zero attached hydrogens (tertiary/aromatic N) is 1. The molecule has 0 spiro atoms. The Morgan fingerprint density at radius 2 is 1.74 bits per heavy atom. The second-order valence-electron chi connectivity index (χ2n) is 5.49. The Balaban J connectivity index is 2.04. The third kappa shape index (κ3) is 4.82. The first-order valence-corrected chi connectivity index (χ1v) is 8.89. The van der Waals surface area contributed by atoms with Gasteiger partial charge in [0, 0.05) is 19.5 Å².